The maximum Gasteiger partial charge on any atom is 0.262 e. The molecule has 0 spiro atoms. The normalized spacial score (nSPS) is 15.3. The first-order chi connectivity index (χ1) is 16.6. The van der Waals surface area contributed by atoms with Crippen LogP contribution in [-0.2, 0) is 26.0 Å². The Hall–Kier alpha value is -3.65. The van der Waals surface area contributed by atoms with Gasteiger partial charge in [0.2, 0.25) is 11.8 Å². The van der Waals surface area contributed by atoms with Gasteiger partial charge in [0.1, 0.15) is 0 Å². The summed E-state index contributed by atoms with van der Waals surface area (Å²) in [6, 6.07) is 19.4. The molecule has 35 heavy (non-hydrogen) atoms. The number of nitrogens with one attached hydrogen (secondary N) is 2. The lowest BCUT2D eigenvalue weighted by Gasteiger charge is -2.36. The number of amides is 2. The third kappa shape index (κ3) is 5.54. The van der Waals surface area contributed by atoms with Gasteiger partial charge in [-0.25, -0.2) is 8.42 Å². The van der Waals surface area contributed by atoms with Crippen molar-refractivity contribution >= 4 is 33.2 Å². The van der Waals surface area contributed by atoms with E-state index in [9.17, 15) is 18.0 Å². The summed E-state index contributed by atoms with van der Waals surface area (Å²) in [5.41, 5.74) is 4.45. The average Bonchev–Trinajstić information content (AvgIpc) is 2.80. The summed E-state index contributed by atoms with van der Waals surface area (Å²) in [7, 11) is -3.86. The van der Waals surface area contributed by atoms with Gasteiger partial charge in [-0.05, 0) is 66.8 Å². The van der Waals surface area contributed by atoms with Gasteiger partial charge in [0, 0.05) is 24.8 Å². The maximum absolute atomic E-state index is 13.1. The molecule has 1 aliphatic rings. The van der Waals surface area contributed by atoms with E-state index in [2.05, 4.69) is 10.0 Å². The summed E-state index contributed by atoms with van der Waals surface area (Å²) in [5, 5.41) is 2.82. The van der Waals surface area contributed by atoms with Crippen molar-refractivity contribution in [2.75, 3.05) is 16.6 Å². The average molecular weight is 492 g/mol. The predicted molar refractivity (Wildman–Crippen MR) is 137 cm³/mol. The van der Waals surface area contributed by atoms with Crippen LogP contribution in [0.15, 0.2) is 71.6 Å². The highest BCUT2D eigenvalue weighted by atomic mass is 32.2. The number of hydrogen-bond donors (Lipinski definition) is 2. The van der Waals surface area contributed by atoms with Crippen molar-refractivity contribution in [1.82, 2.24) is 4.90 Å². The quantitative estimate of drug-likeness (QED) is 0.528. The molecule has 0 aliphatic carbocycles. The largest absolute Gasteiger partial charge is 0.335 e. The van der Waals surface area contributed by atoms with E-state index in [0.29, 0.717) is 23.5 Å². The Kier molecular flexibility index (Phi) is 6.93. The summed E-state index contributed by atoms with van der Waals surface area (Å²) in [6.07, 6.45) is 0.828. The molecule has 0 fully saturated rings. The SMILES string of the molecule is CC(=O)N1CCc2ccccc2C1CC(=O)Nc1ccc(C)c(S(=O)(=O)Nc2cccc(C)c2)c1. The number of aryl methyl sites for hydroxylation is 2. The van der Waals surface area contributed by atoms with Crippen LogP contribution in [0.2, 0.25) is 0 Å². The van der Waals surface area contributed by atoms with E-state index < -0.39 is 10.0 Å². The molecule has 2 amide bonds. The van der Waals surface area contributed by atoms with Crippen molar-refractivity contribution in [2.24, 2.45) is 0 Å². The number of carbonyl (C=O) groups is 2. The van der Waals surface area contributed by atoms with Crippen LogP contribution in [0, 0.1) is 13.8 Å². The molecule has 3 aromatic carbocycles. The van der Waals surface area contributed by atoms with Crippen LogP contribution in [0.4, 0.5) is 11.4 Å². The molecule has 1 heterocycles. The molecule has 1 atom stereocenters. The number of benzene rings is 3. The Balaban J connectivity index is 1.54. The van der Waals surface area contributed by atoms with E-state index in [-0.39, 0.29) is 29.2 Å². The monoisotopic (exact) mass is 491 g/mol. The van der Waals surface area contributed by atoms with Gasteiger partial charge < -0.3 is 10.2 Å². The molecule has 0 bridgehead atoms. The first-order valence-electron chi connectivity index (χ1n) is 11.5. The van der Waals surface area contributed by atoms with E-state index in [4.69, 9.17) is 0 Å². The van der Waals surface area contributed by atoms with Crippen LogP contribution < -0.4 is 10.0 Å². The highest BCUT2D eigenvalue weighted by Gasteiger charge is 2.30. The predicted octanol–water partition coefficient (Wildman–Crippen LogP) is 4.58. The zero-order valence-corrected chi connectivity index (χ0v) is 20.9. The molecule has 7 nitrogen and oxygen atoms in total. The first kappa shape index (κ1) is 24.5. The fourth-order valence-corrected chi connectivity index (χ4v) is 5.84. The van der Waals surface area contributed by atoms with Gasteiger partial charge >= 0.3 is 0 Å². The number of hydrogen-bond acceptors (Lipinski definition) is 4. The maximum atomic E-state index is 13.1. The standard InChI is InChI=1S/C27H29N3O4S/c1-18-7-6-9-23(15-18)29-35(33,34)26-16-22(12-11-19(26)2)28-27(32)17-25-24-10-5-4-8-21(24)13-14-30(25)20(3)31/h4-12,15-16,25,29H,13-14,17H2,1-3H3,(H,28,32). The van der Waals surface area contributed by atoms with Crippen LogP contribution in [0.1, 0.15) is 41.6 Å². The lowest BCUT2D eigenvalue weighted by Crippen LogP contribution is -2.40. The minimum atomic E-state index is -3.86. The Morgan fingerprint density at radius 2 is 1.74 bits per heavy atom. The number of fused-ring (bicyclic) bond motifs is 1. The Morgan fingerprint density at radius 1 is 0.971 bits per heavy atom. The molecule has 182 valence electrons. The van der Waals surface area contributed by atoms with Crippen LogP contribution in [-0.4, -0.2) is 31.7 Å². The summed E-state index contributed by atoms with van der Waals surface area (Å²) in [4.78, 5) is 27.1. The lowest BCUT2D eigenvalue weighted by atomic mass is 9.90. The molecule has 4 rings (SSSR count). The van der Waals surface area contributed by atoms with Gasteiger partial charge in [0.25, 0.3) is 10.0 Å². The van der Waals surface area contributed by atoms with Gasteiger partial charge in [-0.3, -0.25) is 14.3 Å². The van der Waals surface area contributed by atoms with Gasteiger partial charge in [-0.1, -0.05) is 42.5 Å². The smallest absolute Gasteiger partial charge is 0.262 e. The molecule has 8 heteroatoms. The van der Waals surface area contributed by atoms with Gasteiger partial charge in [0.05, 0.1) is 17.4 Å². The lowest BCUT2D eigenvalue weighted by molar-refractivity contribution is -0.132. The van der Waals surface area contributed by atoms with Crippen molar-refractivity contribution in [2.45, 2.75) is 44.6 Å². The van der Waals surface area contributed by atoms with Crippen LogP contribution in [0.25, 0.3) is 0 Å². The fourth-order valence-electron chi connectivity index (χ4n) is 4.52. The van der Waals surface area contributed by atoms with Crippen molar-refractivity contribution in [1.29, 1.82) is 0 Å². The van der Waals surface area contributed by atoms with E-state index >= 15 is 0 Å². The minimum Gasteiger partial charge on any atom is -0.335 e. The van der Waals surface area contributed by atoms with Crippen molar-refractivity contribution in [3.63, 3.8) is 0 Å². The number of rotatable bonds is 6. The molecule has 2 N–H and O–H groups in total. The Labute approximate surface area is 206 Å². The molecule has 0 radical (unpaired) electrons. The molecular formula is C27H29N3O4S. The summed E-state index contributed by atoms with van der Waals surface area (Å²) >= 11 is 0. The number of sulfonamides is 1. The topological polar surface area (TPSA) is 95.6 Å². The van der Waals surface area contributed by atoms with Gasteiger partial charge in [-0.2, -0.15) is 0 Å². The van der Waals surface area contributed by atoms with E-state index in [1.165, 1.54) is 13.0 Å². The van der Waals surface area contributed by atoms with Crippen LogP contribution >= 0.6 is 0 Å². The highest BCUT2D eigenvalue weighted by Crippen LogP contribution is 2.33. The zero-order valence-electron chi connectivity index (χ0n) is 20.0. The fraction of sp³-hybridized carbons (Fsp3) is 0.259. The first-order valence-corrected chi connectivity index (χ1v) is 13.0. The molecule has 0 saturated carbocycles. The molecule has 1 unspecified atom stereocenters. The second-order valence-electron chi connectivity index (χ2n) is 8.88. The zero-order chi connectivity index (χ0) is 25.2. The number of carbonyl (C=O) groups excluding carboxylic acids is 2. The summed E-state index contributed by atoms with van der Waals surface area (Å²) in [5.74, 6) is -0.375. The van der Waals surface area contributed by atoms with Gasteiger partial charge in [-0.15, -0.1) is 0 Å². The molecule has 0 saturated heterocycles. The molecule has 3 aromatic rings. The Morgan fingerprint density at radius 3 is 2.49 bits per heavy atom. The molecule has 0 aromatic heterocycles. The van der Waals surface area contributed by atoms with Gasteiger partial charge in [0.15, 0.2) is 0 Å². The molecule has 1 aliphatic heterocycles. The minimum absolute atomic E-state index is 0.0775. The third-order valence-corrected chi connectivity index (χ3v) is 7.75. The highest BCUT2D eigenvalue weighted by molar-refractivity contribution is 7.92. The third-order valence-electron chi connectivity index (χ3n) is 6.23. The van der Waals surface area contributed by atoms with Crippen molar-refractivity contribution in [3.05, 3.63) is 89.0 Å². The van der Waals surface area contributed by atoms with E-state index in [1.807, 2.05) is 37.3 Å². The molecular weight excluding hydrogens is 462 g/mol. The van der Waals surface area contributed by atoms with Crippen molar-refractivity contribution in [3.8, 4) is 0 Å². The van der Waals surface area contributed by atoms with Crippen molar-refractivity contribution < 1.29 is 18.0 Å². The van der Waals surface area contributed by atoms with E-state index in [0.717, 1.165) is 23.1 Å². The second-order valence-corrected chi connectivity index (χ2v) is 10.5. The Bertz CT molecular complexity index is 1380. The second kappa shape index (κ2) is 9.92. The number of anilines is 2. The van der Waals surface area contributed by atoms with Crippen LogP contribution in [0.3, 0.4) is 0 Å². The summed E-state index contributed by atoms with van der Waals surface area (Å²) < 4.78 is 28.8. The van der Waals surface area contributed by atoms with E-state index in [1.54, 1.807) is 42.2 Å². The van der Waals surface area contributed by atoms with Crippen LogP contribution in [0.5, 0.6) is 0 Å². The summed E-state index contributed by atoms with van der Waals surface area (Å²) in [6.45, 7) is 5.66. The number of nitrogens with zero attached hydrogens (tertiary/aromatic N) is 1.